The van der Waals surface area contributed by atoms with E-state index < -0.39 is 0 Å². The summed E-state index contributed by atoms with van der Waals surface area (Å²) in [6.45, 7) is 2.57. The molecule has 0 fully saturated rings. The number of aromatic amines is 1. The molecule has 0 unspecified atom stereocenters. The molecular formula is C8H15N5O. The zero-order valence-corrected chi connectivity index (χ0v) is 8.12. The van der Waals surface area contributed by atoms with Crippen molar-refractivity contribution in [3.05, 3.63) is 17.5 Å². The standard InChI is InChI=1S/C8H15N5O/c1-6-7(5-11-12-6)3-2-4-10-8(9)13-14/h5,14H,2-4H2,1H3,(H,11,12)(H3,9,10,13). The Morgan fingerprint density at radius 3 is 3.14 bits per heavy atom. The van der Waals surface area contributed by atoms with E-state index in [0.717, 1.165) is 18.5 Å². The third kappa shape index (κ3) is 3.06. The van der Waals surface area contributed by atoms with Crippen LogP contribution in [-0.4, -0.2) is 27.9 Å². The third-order valence-corrected chi connectivity index (χ3v) is 1.94. The Labute approximate surface area is 82.2 Å². The molecule has 0 spiro atoms. The van der Waals surface area contributed by atoms with Gasteiger partial charge in [-0.15, -0.1) is 0 Å². The minimum absolute atomic E-state index is 0.0499. The Kier molecular flexibility index (Phi) is 3.93. The number of hydrogen-bond donors (Lipinski definition) is 4. The Morgan fingerprint density at radius 2 is 2.57 bits per heavy atom. The quantitative estimate of drug-likeness (QED) is 0.235. The molecule has 0 aliphatic heterocycles. The van der Waals surface area contributed by atoms with E-state index in [2.05, 4.69) is 15.2 Å². The Balaban J connectivity index is 2.26. The lowest BCUT2D eigenvalue weighted by molar-refractivity contribution is 0.232. The monoisotopic (exact) mass is 197 g/mol. The van der Waals surface area contributed by atoms with Gasteiger partial charge in [0.1, 0.15) is 0 Å². The van der Waals surface area contributed by atoms with Crippen LogP contribution in [-0.2, 0) is 6.42 Å². The van der Waals surface area contributed by atoms with Crippen LogP contribution in [0, 0.1) is 6.92 Å². The van der Waals surface area contributed by atoms with E-state index in [1.54, 1.807) is 5.48 Å². The summed E-state index contributed by atoms with van der Waals surface area (Å²) in [6, 6.07) is 0. The highest BCUT2D eigenvalue weighted by Crippen LogP contribution is 2.05. The number of hydroxylamine groups is 1. The van der Waals surface area contributed by atoms with Crippen molar-refractivity contribution in [2.75, 3.05) is 6.54 Å². The lowest BCUT2D eigenvalue weighted by atomic mass is 10.1. The van der Waals surface area contributed by atoms with Gasteiger partial charge in [-0.3, -0.25) is 15.3 Å². The zero-order chi connectivity index (χ0) is 10.4. The molecule has 1 rings (SSSR count). The van der Waals surface area contributed by atoms with E-state index >= 15 is 0 Å². The Bertz CT molecular complexity index is 306. The number of nitrogens with one attached hydrogen (secondary N) is 2. The van der Waals surface area contributed by atoms with Gasteiger partial charge in [-0.25, -0.2) is 5.48 Å². The SMILES string of the molecule is Cc1[nH]ncc1CCCN=C(N)NO. The molecule has 0 radical (unpaired) electrons. The summed E-state index contributed by atoms with van der Waals surface area (Å²) < 4.78 is 0. The fraction of sp³-hybridized carbons (Fsp3) is 0.500. The Morgan fingerprint density at radius 1 is 1.79 bits per heavy atom. The summed E-state index contributed by atoms with van der Waals surface area (Å²) in [5.41, 5.74) is 9.29. The van der Waals surface area contributed by atoms with Crippen molar-refractivity contribution in [3.8, 4) is 0 Å². The van der Waals surface area contributed by atoms with Crippen molar-refractivity contribution in [1.82, 2.24) is 15.7 Å². The van der Waals surface area contributed by atoms with Gasteiger partial charge < -0.3 is 5.73 Å². The molecule has 1 aromatic rings. The smallest absolute Gasteiger partial charge is 0.212 e. The summed E-state index contributed by atoms with van der Waals surface area (Å²) in [7, 11) is 0. The first kappa shape index (κ1) is 10.5. The van der Waals surface area contributed by atoms with Crippen molar-refractivity contribution in [2.24, 2.45) is 10.7 Å². The second-order valence-corrected chi connectivity index (χ2v) is 3.00. The number of nitrogens with two attached hydrogens (primary N) is 1. The van der Waals surface area contributed by atoms with E-state index in [0.29, 0.717) is 6.54 Å². The normalized spacial score (nSPS) is 11.7. The molecular weight excluding hydrogens is 182 g/mol. The lowest BCUT2D eigenvalue weighted by Crippen LogP contribution is -2.28. The van der Waals surface area contributed by atoms with Gasteiger partial charge >= 0.3 is 0 Å². The van der Waals surface area contributed by atoms with Gasteiger partial charge in [-0.05, 0) is 25.3 Å². The van der Waals surface area contributed by atoms with Crippen LogP contribution in [0.25, 0.3) is 0 Å². The summed E-state index contributed by atoms with van der Waals surface area (Å²) in [5, 5.41) is 15.1. The van der Waals surface area contributed by atoms with Crippen LogP contribution in [0.3, 0.4) is 0 Å². The highest BCUT2D eigenvalue weighted by atomic mass is 16.5. The molecule has 5 N–H and O–H groups in total. The predicted octanol–water partition coefficient (Wildman–Crippen LogP) is -0.0558. The first-order chi connectivity index (χ1) is 6.74. The van der Waals surface area contributed by atoms with E-state index in [-0.39, 0.29) is 5.96 Å². The van der Waals surface area contributed by atoms with Gasteiger partial charge in [-0.1, -0.05) is 0 Å². The second-order valence-electron chi connectivity index (χ2n) is 3.00. The largest absolute Gasteiger partial charge is 0.368 e. The molecule has 14 heavy (non-hydrogen) atoms. The first-order valence-electron chi connectivity index (χ1n) is 4.43. The van der Waals surface area contributed by atoms with Crippen LogP contribution in [0.5, 0.6) is 0 Å². The van der Waals surface area contributed by atoms with Crippen LogP contribution in [0.1, 0.15) is 17.7 Å². The van der Waals surface area contributed by atoms with Gasteiger partial charge in [0, 0.05) is 12.2 Å². The Hall–Kier alpha value is -1.56. The molecule has 0 aliphatic carbocycles. The fourth-order valence-electron chi connectivity index (χ4n) is 1.13. The highest BCUT2D eigenvalue weighted by Gasteiger charge is 1.98. The third-order valence-electron chi connectivity index (χ3n) is 1.94. The molecule has 0 aliphatic rings. The van der Waals surface area contributed by atoms with Crippen LogP contribution in [0.4, 0.5) is 0 Å². The maximum absolute atomic E-state index is 8.34. The maximum Gasteiger partial charge on any atom is 0.212 e. The van der Waals surface area contributed by atoms with Gasteiger partial charge in [0.15, 0.2) is 0 Å². The number of hydrogen-bond acceptors (Lipinski definition) is 3. The number of aromatic nitrogens is 2. The number of guanidine groups is 1. The van der Waals surface area contributed by atoms with Crippen LogP contribution < -0.4 is 11.2 Å². The highest BCUT2D eigenvalue weighted by molar-refractivity contribution is 5.76. The van der Waals surface area contributed by atoms with E-state index in [4.69, 9.17) is 10.9 Å². The van der Waals surface area contributed by atoms with E-state index in [9.17, 15) is 0 Å². The average Bonchev–Trinajstić information content (AvgIpc) is 2.58. The zero-order valence-electron chi connectivity index (χ0n) is 8.12. The van der Waals surface area contributed by atoms with Gasteiger partial charge in [0.25, 0.3) is 0 Å². The van der Waals surface area contributed by atoms with Crippen LogP contribution >= 0.6 is 0 Å². The minimum atomic E-state index is 0.0499. The molecule has 0 atom stereocenters. The van der Waals surface area contributed by atoms with Crippen LogP contribution in [0.2, 0.25) is 0 Å². The number of H-pyrrole nitrogens is 1. The van der Waals surface area contributed by atoms with E-state index in [1.807, 2.05) is 13.1 Å². The lowest BCUT2D eigenvalue weighted by Gasteiger charge is -1.98. The van der Waals surface area contributed by atoms with Gasteiger partial charge in [-0.2, -0.15) is 5.10 Å². The average molecular weight is 197 g/mol. The fourth-order valence-corrected chi connectivity index (χ4v) is 1.13. The molecule has 78 valence electrons. The van der Waals surface area contributed by atoms with Gasteiger partial charge in [0.05, 0.1) is 6.20 Å². The molecule has 6 nitrogen and oxygen atoms in total. The summed E-state index contributed by atoms with van der Waals surface area (Å²) in [4.78, 5) is 3.87. The molecule has 0 aromatic carbocycles. The predicted molar refractivity (Wildman–Crippen MR) is 53.1 cm³/mol. The van der Waals surface area contributed by atoms with Crippen molar-refractivity contribution >= 4 is 5.96 Å². The number of aryl methyl sites for hydroxylation is 2. The first-order valence-corrected chi connectivity index (χ1v) is 4.43. The topological polar surface area (TPSA) is 99.3 Å². The van der Waals surface area contributed by atoms with Crippen molar-refractivity contribution < 1.29 is 5.21 Å². The molecule has 1 aromatic heterocycles. The van der Waals surface area contributed by atoms with E-state index in [1.165, 1.54) is 5.56 Å². The minimum Gasteiger partial charge on any atom is -0.368 e. The summed E-state index contributed by atoms with van der Waals surface area (Å²) in [6.07, 6.45) is 3.60. The number of rotatable bonds is 4. The number of nitrogens with zero attached hydrogens (tertiary/aromatic N) is 2. The molecule has 0 bridgehead atoms. The van der Waals surface area contributed by atoms with Crippen molar-refractivity contribution in [2.45, 2.75) is 19.8 Å². The number of aliphatic imine (C=N–C) groups is 1. The molecule has 6 heteroatoms. The summed E-state index contributed by atoms with van der Waals surface area (Å²) >= 11 is 0. The van der Waals surface area contributed by atoms with Crippen molar-refractivity contribution in [3.63, 3.8) is 0 Å². The maximum atomic E-state index is 8.34. The molecule has 1 heterocycles. The molecule has 0 amide bonds. The second kappa shape index (κ2) is 5.23. The van der Waals surface area contributed by atoms with Crippen LogP contribution in [0.15, 0.2) is 11.2 Å². The van der Waals surface area contributed by atoms with Gasteiger partial charge in [0.2, 0.25) is 5.96 Å². The molecule has 0 saturated carbocycles. The molecule has 0 saturated heterocycles. The summed E-state index contributed by atoms with van der Waals surface area (Å²) in [5.74, 6) is 0.0499. The van der Waals surface area contributed by atoms with Crippen molar-refractivity contribution in [1.29, 1.82) is 0 Å².